The zero-order valence-corrected chi connectivity index (χ0v) is 9.82. The van der Waals surface area contributed by atoms with Gasteiger partial charge in [-0.25, -0.2) is 9.31 Å². The van der Waals surface area contributed by atoms with Gasteiger partial charge in [0.25, 0.3) is 0 Å². The first kappa shape index (κ1) is 11.3. The first-order chi connectivity index (χ1) is 9.16. The highest BCUT2D eigenvalue weighted by molar-refractivity contribution is 5.94. The Morgan fingerprint density at radius 2 is 1.89 bits per heavy atom. The van der Waals surface area contributed by atoms with Gasteiger partial charge in [-0.05, 0) is 12.1 Å². The lowest BCUT2D eigenvalue weighted by molar-refractivity contribution is 0.0694. The van der Waals surface area contributed by atoms with Crippen molar-refractivity contribution in [3.05, 3.63) is 54.2 Å². The Labute approximate surface area is 108 Å². The topological polar surface area (TPSA) is 74.8 Å². The second kappa shape index (κ2) is 4.13. The van der Waals surface area contributed by atoms with Crippen molar-refractivity contribution in [2.24, 2.45) is 0 Å². The van der Waals surface area contributed by atoms with Crippen molar-refractivity contribution in [3.8, 4) is 17.0 Å². The van der Waals surface area contributed by atoms with Gasteiger partial charge in [0, 0.05) is 11.8 Å². The number of pyridine rings is 1. The molecule has 0 radical (unpaired) electrons. The smallest absolute Gasteiger partial charge is 0.339 e. The fourth-order valence-electron chi connectivity index (χ4n) is 1.97. The van der Waals surface area contributed by atoms with Gasteiger partial charge in [0.15, 0.2) is 5.75 Å². The maximum Gasteiger partial charge on any atom is 0.339 e. The van der Waals surface area contributed by atoms with Gasteiger partial charge in [-0.2, -0.15) is 5.10 Å². The lowest BCUT2D eigenvalue weighted by atomic mass is 10.1. The molecule has 0 aliphatic heterocycles. The third-order valence-electron chi connectivity index (χ3n) is 2.92. The summed E-state index contributed by atoms with van der Waals surface area (Å²) in [6.45, 7) is 0. The highest BCUT2D eigenvalue weighted by Gasteiger charge is 2.15. The van der Waals surface area contributed by atoms with Crippen LogP contribution in [0.25, 0.3) is 16.8 Å². The van der Waals surface area contributed by atoms with Gasteiger partial charge in [0.2, 0.25) is 0 Å². The number of aromatic hydroxyl groups is 1. The number of fused-ring (bicyclic) bond motifs is 1. The molecule has 5 heteroatoms. The summed E-state index contributed by atoms with van der Waals surface area (Å²) in [5.41, 5.74) is 1.83. The summed E-state index contributed by atoms with van der Waals surface area (Å²) in [5, 5.41) is 23.2. The molecule has 5 nitrogen and oxygen atoms in total. The molecule has 3 aromatic rings. The number of benzene rings is 1. The van der Waals surface area contributed by atoms with Gasteiger partial charge < -0.3 is 10.2 Å². The number of rotatable bonds is 2. The zero-order chi connectivity index (χ0) is 13.4. The lowest BCUT2D eigenvalue weighted by Crippen LogP contribution is -1.99. The number of carboxylic acid groups (broad SMARTS) is 1. The van der Waals surface area contributed by atoms with Crippen LogP contribution in [0.2, 0.25) is 0 Å². The minimum atomic E-state index is -1.16. The van der Waals surface area contributed by atoms with E-state index in [1.807, 2.05) is 30.3 Å². The molecule has 2 heterocycles. The third-order valence-corrected chi connectivity index (χ3v) is 2.92. The Balaban J connectivity index is 2.22. The molecule has 0 amide bonds. The van der Waals surface area contributed by atoms with Gasteiger partial charge in [-0.3, -0.25) is 0 Å². The second-order valence-electron chi connectivity index (χ2n) is 4.11. The maximum absolute atomic E-state index is 11.0. The normalized spacial score (nSPS) is 10.7. The number of hydrogen-bond acceptors (Lipinski definition) is 3. The van der Waals surface area contributed by atoms with Crippen molar-refractivity contribution in [1.82, 2.24) is 9.61 Å². The highest BCUT2D eigenvalue weighted by Crippen LogP contribution is 2.27. The average molecular weight is 254 g/mol. The van der Waals surface area contributed by atoms with Crippen molar-refractivity contribution in [2.45, 2.75) is 0 Å². The fraction of sp³-hybridized carbons (Fsp3) is 0. The van der Waals surface area contributed by atoms with Crippen LogP contribution in [0, 0.1) is 0 Å². The fourth-order valence-corrected chi connectivity index (χ4v) is 1.97. The molecular weight excluding hydrogens is 244 g/mol. The first-order valence-electron chi connectivity index (χ1n) is 5.67. The molecule has 0 saturated carbocycles. The van der Waals surface area contributed by atoms with Crippen LogP contribution in [0.3, 0.4) is 0 Å². The Hall–Kier alpha value is -2.82. The van der Waals surface area contributed by atoms with Gasteiger partial charge in [0.05, 0.1) is 5.69 Å². The number of aromatic nitrogens is 2. The number of hydrogen-bond donors (Lipinski definition) is 2. The molecule has 0 fully saturated rings. The number of carbonyl (C=O) groups is 1. The Kier molecular flexibility index (Phi) is 2.45. The van der Waals surface area contributed by atoms with Crippen LogP contribution >= 0.6 is 0 Å². The van der Waals surface area contributed by atoms with Crippen molar-refractivity contribution in [1.29, 1.82) is 0 Å². The summed E-state index contributed by atoms with van der Waals surface area (Å²) >= 11 is 0. The molecule has 0 aliphatic carbocycles. The Bertz CT molecular complexity index is 763. The van der Waals surface area contributed by atoms with E-state index in [4.69, 9.17) is 5.11 Å². The summed E-state index contributed by atoms with van der Waals surface area (Å²) in [5.74, 6) is -1.44. The molecule has 0 unspecified atom stereocenters. The van der Waals surface area contributed by atoms with E-state index in [1.165, 1.54) is 16.8 Å². The molecule has 0 bridgehead atoms. The largest absolute Gasteiger partial charge is 0.505 e. The van der Waals surface area contributed by atoms with Gasteiger partial charge >= 0.3 is 5.97 Å². The summed E-state index contributed by atoms with van der Waals surface area (Å²) < 4.78 is 1.46. The quantitative estimate of drug-likeness (QED) is 0.736. The standard InChI is InChI=1S/C14H10N2O3/c17-13-10(14(18)19)6-7-16-12(13)8-11(15-16)9-4-2-1-3-5-9/h1-8,17H,(H,18,19). The molecule has 0 aliphatic rings. The average Bonchev–Trinajstić information content (AvgIpc) is 2.85. The molecule has 0 atom stereocenters. The molecular formula is C14H10N2O3. The van der Waals surface area contributed by atoms with Gasteiger partial charge in [-0.1, -0.05) is 30.3 Å². The van der Waals surface area contributed by atoms with Crippen LogP contribution in [0.5, 0.6) is 5.75 Å². The molecule has 3 rings (SSSR count). The molecule has 1 aromatic carbocycles. The lowest BCUT2D eigenvalue weighted by Gasteiger charge is -2.00. The van der Waals surface area contributed by atoms with Crippen LogP contribution in [0.1, 0.15) is 10.4 Å². The maximum atomic E-state index is 11.0. The van der Waals surface area contributed by atoms with Crippen molar-refractivity contribution in [3.63, 3.8) is 0 Å². The van der Waals surface area contributed by atoms with Crippen molar-refractivity contribution >= 4 is 11.5 Å². The Morgan fingerprint density at radius 1 is 1.16 bits per heavy atom. The number of carboxylic acids is 1. The predicted molar refractivity (Wildman–Crippen MR) is 69.3 cm³/mol. The molecule has 2 N–H and O–H groups in total. The van der Waals surface area contributed by atoms with Crippen LogP contribution in [0.15, 0.2) is 48.7 Å². The SMILES string of the molecule is O=C(O)c1ccn2nc(-c3ccccc3)cc2c1O. The van der Waals surface area contributed by atoms with E-state index < -0.39 is 5.97 Å². The summed E-state index contributed by atoms with van der Waals surface area (Å²) in [4.78, 5) is 11.0. The van der Waals surface area contributed by atoms with Crippen LogP contribution in [0.4, 0.5) is 0 Å². The van der Waals surface area contributed by atoms with E-state index in [9.17, 15) is 9.90 Å². The van der Waals surface area contributed by atoms with Crippen LogP contribution < -0.4 is 0 Å². The van der Waals surface area contributed by atoms with E-state index in [0.29, 0.717) is 11.2 Å². The van der Waals surface area contributed by atoms with E-state index >= 15 is 0 Å². The Morgan fingerprint density at radius 3 is 2.58 bits per heavy atom. The summed E-state index contributed by atoms with van der Waals surface area (Å²) in [6, 6.07) is 12.5. The monoisotopic (exact) mass is 254 g/mol. The molecule has 94 valence electrons. The highest BCUT2D eigenvalue weighted by atomic mass is 16.4. The molecule has 0 spiro atoms. The number of aromatic carboxylic acids is 1. The first-order valence-corrected chi connectivity index (χ1v) is 5.67. The summed E-state index contributed by atoms with van der Waals surface area (Å²) in [7, 11) is 0. The summed E-state index contributed by atoms with van der Waals surface area (Å²) in [6.07, 6.45) is 1.52. The van der Waals surface area contributed by atoms with Crippen molar-refractivity contribution in [2.75, 3.05) is 0 Å². The van der Waals surface area contributed by atoms with Gasteiger partial charge in [0.1, 0.15) is 11.1 Å². The zero-order valence-electron chi connectivity index (χ0n) is 9.82. The van der Waals surface area contributed by atoms with Crippen LogP contribution in [-0.4, -0.2) is 25.8 Å². The molecule has 2 aromatic heterocycles. The molecule has 0 saturated heterocycles. The minimum absolute atomic E-state index is 0.132. The van der Waals surface area contributed by atoms with E-state index in [-0.39, 0.29) is 11.3 Å². The second-order valence-corrected chi connectivity index (χ2v) is 4.11. The minimum Gasteiger partial charge on any atom is -0.505 e. The molecule has 19 heavy (non-hydrogen) atoms. The van der Waals surface area contributed by atoms with E-state index in [1.54, 1.807) is 6.07 Å². The van der Waals surface area contributed by atoms with Crippen molar-refractivity contribution < 1.29 is 15.0 Å². The van der Waals surface area contributed by atoms with Gasteiger partial charge in [-0.15, -0.1) is 0 Å². The van der Waals surface area contributed by atoms with Crippen LogP contribution in [-0.2, 0) is 0 Å². The predicted octanol–water partition coefficient (Wildman–Crippen LogP) is 2.41. The third kappa shape index (κ3) is 1.81. The van der Waals surface area contributed by atoms with E-state index in [2.05, 4.69) is 5.10 Å². The number of nitrogens with zero attached hydrogens (tertiary/aromatic N) is 2. The van der Waals surface area contributed by atoms with E-state index in [0.717, 1.165) is 5.56 Å².